The predicted molar refractivity (Wildman–Crippen MR) is 105 cm³/mol. The van der Waals surface area contributed by atoms with E-state index in [1.54, 1.807) is 18.2 Å². The summed E-state index contributed by atoms with van der Waals surface area (Å²) < 4.78 is 4.77. The van der Waals surface area contributed by atoms with Gasteiger partial charge in [0, 0.05) is 23.4 Å². The third kappa shape index (κ3) is 4.32. The van der Waals surface area contributed by atoms with Gasteiger partial charge in [-0.15, -0.1) is 0 Å². The Kier molecular flexibility index (Phi) is 5.65. The number of rotatable bonds is 7. The summed E-state index contributed by atoms with van der Waals surface area (Å²) in [6.45, 7) is 5.84. The van der Waals surface area contributed by atoms with Crippen molar-refractivity contribution >= 4 is 23.1 Å². The molecule has 0 saturated carbocycles. The standard InChI is InChI=1S/C20H20N6O2/c1-12(2)24-19-16(10-21)20(23-11-22-19)25-17-8-14(5-4-13(17)3)18(27)9-15-6-7-28-26-15/h4-8,11-12H,9H2,1-3H3,(H2,22,23,24,25). The highest BCUT2D eigenvalue weighted by Crippen LogP contribution is 2.26. The van der Waals surface area contributed by atoms with Crippen LogP contribution < -0.4 is 10.6 Å². The topological polar surface area (TPSA) is 117 Å². The average Bonchev–Trinajstić information content (AvgIpc) is 3.16. The maximum absolute atomic E-state index is 12.5. The third-order valence-electron chi connectivity index (χ3n) is 4.03. The number of benzene rings is 1. The number of anilines is 3. The van der Waals surface area contributed by atoms with Crippen LogP contribution in [0.1, 0.15) is 41.0 Å². The van der Waals surface area contributed by atoms with Gasteiger partial charge in [-0.1, -0.05) is 17.3 Å². The number of nitriles is 1. The molecule has 0 aliphatic rings. The normalized spacial score (nSPS) is 10.5. The molecule has 28 heavy (non-hydrogen) atoms. The molecule has 0 fully saturated rings. The lowest BCUT2D eigenvalue weighted by Gasteiger charge is -2.15. The molecular formula is C20H20N6O2. The smallest absolute Gasteiger partial charge is 0.169 e. The summed E-state index contributed by atoms with van der Waals surface area (Å²) in [5.74, 6) is 0.762. The van der Waals surface area contributed by atoms with Gasteiger partial charge < -0.3 is 15.2 Å². The average molecular weight is 376 g/mol. The van der Waals surface area contributed by atoms with E-state index in [9.17, 15) is 10.1 Å². The molecule has 3 aromatic rings. The second-order valence-corrected chi connectivity index (χ2v) is 6.60. The molecular weight excluding hydrogens is 356 g/mol. The number of hydrogen-bond acceptors (Lipinski definition) is 8. The second kappa shape index (κ2) is 8.31. The fraction of sp³-hybridized carbons (Fsp3) is 0.250. The van der Waals surface area contributed by atoms with Gasteiger partial charge in [-0.25, -0.2) is 9.97 Å². The summed E-state index contributed by atoms with van der Waals surface area (Å²) in [5, 5.41) is 19.6. The van der Waals surface area contributed by atoms with Gasteiger partial charge in [-0.2, -0.15) is 5.26 Å². The van der Waals surface area contributed by atoms with E-state index in [0.29, 0.717) is 34.1 Å². The highest BCUT2D eigenvalue weighted by atomic mass is 16.5. The quantitative estimate of drug-likeness (QED) is 0.600. The molecule has 8 nitrogen and oxygen atoms in total. The van der Waals surface area contributed by atoms with Crippen LogP contribution in [0.2, 0.25) is 0 Å². The van der Waals surface area contributed by atoms with E-state index in [1.807, 2.05) is 26.8 Å². The summed E-state index contributed by atoms with van der Waals surface area (Å²) in [4.78, 5) is 20.9. The number of nitrogens with one attached hydrogen (secondary N) is 2. The van der Waals surface area contributed by atoms with Crippen LogP contribution in [0.3, 0.4) is 0 Å². The molecule has 0 unspecified atom stereocenters. The lowest BCUT2D eigenvalue weighted by molar-refractivity contribution is 0.0991. The Hall–Kier alpha value is -3.73. The van der Waals surface area contributed by atoms with Gasteiger partial charge in [0.1, 0.15) is 30.0 Å². The SMILES string of the molecule is Cc1ccc(C(=O)Cc2ccon2)cc1Nc1ncnc(NC(C)C)c1C#N. The van der Waals surface area contributed by atoms with Crippen molar-refractivity contribution in [2.24, 2.45) is 0 Å². The van der Waals surface area contributed by atoms with Crippen molar-refractivity contribution in [3.05, 3.63) is 59.2 Å². The van der Waals surface area contributed by atoms with Gasteiger partial charge in [0.15, 0.2) is 11.6 Å². The summed E-state index contributed by atoms with van der Waals surface area (Å²) in [6.07, 6.45) is 2.98. The van der Waals surface area contributed by atoms with Crippen LogP contribution in [0.25, 0.3) is 0 Å². The molecule has 1 aromatic carbocycles. The minimum Gasteiger partial charge on any atom is -0.367 e. The highest BCUT2D eigenvalue weighted by molar-refractivity contribution is 5.98. The lowest BCUT2D eigenvalue weighted by Crippen LogP contribution is -2.14. The lowest BCUT2D eigenvalue weighted by atomic mass is 10.0. The summed E-state index contributed by atoms with van der Waals surface area (Å²) in [7, 11) is 0. The number of carbonyl (C=O) groups excluding carboxylic acids is 1. The van der Waals surface area contributed by atoms with Crippen LogP contribution in [0, 0.1) is 18.3 Å². The number of ketones is 1. The van der Waals surface area contributed by atoms with E-state index in [0.717, 1.165) is 5.56 Å². The van der Waals surface area contributed by atoms with Gasteiger partial charge in [-0.3, -0.25) is 4.79 Å². The van der Waals surface area contributed by atoms with E-state index in [1.165, 1.54) is 12.6 Å². The van der Waals surface area contributed by atoms with E-state index in [4.69, 9.17) is 4.52 Å². The number of hydrogen-bond donors (Lipinski definition) is 2. The molecule has 0 amide bonds. The molecule has 8 heteroatoms. The molecule has 2 aromatic heterocycles. The fourth-order valence-electron chi connectivity index (χ4n) is 2.62. The van der Waals surface area contributed by atoms with Gasteiger partial charge in [-0.05, 0) is 32.4 Å². The first-order valence-corrected chi connectivity index (χ1v) is 8.79. The number of aromatic nitrogens is 3. The van der Waals surface area contributed by atoms with Gasteiger partial charge in [0.05, 0.1) is 12.1 Å². The number of Topliss-reactive ketones (excluding diaryl/α,β-unsaturated/α-hetero) is 1. The van der Waals surface area contributed by atoms with Crippen LogP contribution >= 0.6 is 0 Å². The Morgan fingerprint density at radius 3 is 2.71 bits per heavy atom. The van der Waals surface area contributed by atoms with Crippen LogP contribution in [0.5, 0.6) is 0 Å². The molecule has 3 rings (SSSR count). The maximum atomic E-state index is 12.5. The Balaban J connectivity index is 1.88. The van der Waals surface area contributed by atoms with Crippen molar-refractivity contribution in [2.75, 3.05) is 10.6 Å². The minimum atomic E-state index is -0.0812. The zero-order chi connectivity index (χ0) is 20.1. The zero-order valence-corrected chi connectivity index (χ0v) is 15.9. The molecule has 0 saturated heterocycles. The molecule has 0 aliphatic carbocycles. The van der Waals surface area contributed by atoms with Crippen molar-refractivity contribution in [1.29, 1.82) is 5.26 Å². The molecule has 2 N–H and O–H groups in total. The maximum Gasteiger partial charge on any atom is 0.169 e. The second-order valence-electron chi connectivity index (χ2n) is 6.60. The first kappa shape index (κ1) is 19.0. The van der Waals surface area contributed by atoms with Gasteiger partial charge in [0.2, 0.25) is 0 Å². The molecule has 0 radical (unpaired) electrons. The molecule has 0 bridgehead atoms. The van der Waals surface area contributed by atoms with Crippen LogP contribution in [-0.2, 0) is 6.42 Å². The molecule has 0 atom stereocenters. The highest BCUT2D eigenvalue weighted by Gasteiger charge is 2.15. The summed E-state index contributed by atoms with van der Waals surface area (Å²) in [5.41, 5.74) is 3.03. The summed E-state index contributed by atoms with van der Waals surface area (Å²) >= 11 is 0. The minimum absolute atomic E-state index is 0.0812. The number of carbonyl (C=O) groups is 1. The van der Waals surface area contributed by atoms with E-state index >= 15 is 0 Å². The van der Waals surface area contributed by atoms with Gasteiger partial charge >= 0.3 is 0 Å². The van der Waals surface area contributed by atoms with E-state index in [-0.39, 0.29) is 18.2 Å². The summed E-state index contributed by atoms with van der Waals surface area (Å²) in [6, 6.07) is 9.28. The molecule has 2 heterocycles. The molecule has 0 spiro atoms. The fourth-order valence-corrected chi connectivity index (χ4v) is 2.62. The van der Waals surface area contributed by atoms with Crippen molar-refractivity contribution in [2.45, 2.75) is 33.2 Å². The first-order chi connectivity index (χ1) is 13.5. The number of nitrogens with zero attached hydrogens (tertiary/aromatic N) is 4. The van der Waals surface area contributed by atoms with Crippen molar-refractivity contribution in [1.82, 2.24) is 15.1 Å². The Labute approximate surface area is 162 Å². The van der Waals surface area contributed by atoms with Crippen molar-refractivity contribution < 1.29 is 9.32 Å². The van der Waals surface area contributed by atoms with E-state index in [2.05, 4.69) is 31.8 Å². The van der Waals surface area contributed by atoms with Crippen molar-refractivity contribution in [3.8, 4) is 6.07 Å². The van der Waals surface area contributed by atoms with E-state index < -0.39 is 0 Å². The Morgan fingerprint density at radius 2 is 2.04 bits per heavy atom. The Bertz CT molecular complexity index is 1020. The third-order valence-corrected chi connectivity index (χ3v) is 4.03. The van der Waals surface area contributed by atoms with Crippen LogP contribution in [-0.4, -0.2) is 26.9 Å². The van der Waals surface area contributed by atoms with Crippen LogP contribution in [0.4, 0.5) is 17.3 Å². The van der Waals surface area contributed by atoms with Crippen LogP contribution in [0.15, 0.2) is 41.4 Å². The van der Waals surface area contributed by atoms with Gasteiger partial charge in [0.25, 0.3) is 0 Å². The zero-order valence-electron chi connectivity index (χ0n) is 15.9. The largest absolute Gasteiger partial charge is 0.367 e. The molecule has 142 valence electrons. The molecule has 0 aliphatic heterocycles. The number of aryl methyl sites for hydroxylation is 1. The Morgan fingerprint density at radius 1 is 1.25 bits per heavy atom. The predicted octanol–water partition coefficient (Wildman–Crippen LogP) is 3.63. The first-order valence-electron chi connectivity index (χ1n) is 8.79. The monoisotopic (exact) mass is 376 g/mol. The van der Waals surface area contributed by atoms with Crippen molar-refractivity contribution in [3.63, 3.8) is 0 Å².